The maximum absolute atomic E-state index is 14.3. The van der Waals surface area contributed by atoms with Gasteiger partial charge in [-0.05, 0) is 30.9 Å². The largest absolute Gasteiger partial charge is 0.301 e. The summed E-state index contributed by atoms with van der Waals surface area (Å²) in [4.78, 5) is 4.68. The molecule has 0 radical (unpaired) electrons. The highest BCUT2D eigenvalue weighted by Crippen LogP contribution is 2.36. The smallest absolute Gasteiger partial charge is 0.129 e. The maximum atomic E-state index is 14.3. The van der Waals surface area contributed by atoms with Crippen molar-refractivity contribution in [2.45, 2.75) is 44.7 Å². The first-order valence-corrected chi connectivity index (χ1v) is 8.47. The SMILES string of the molecule is CC(C)c1csc(C(NC2CC2)c2c(F)cccc2Cl)n1. The van der Waals surface area contributed by atoms with Crippen molar-refractivity contribution in [3.05, 3.63) is 50.7 Å². The Morgan fingerprint density at radius 1 is 1.38 bits per heavy atom. The Morgan fingerprint density at radius 3 is 2.71 bits per heavy atom. The van der Waals surface area contributed by atoms with Crippen molar-refractivity contribution in [1.82, 2.24) is 10.3 Å². The summed E-state index contributed by atoms with van der Waals surface area (Å²) in [5.74, 6) is 0.0922. The first-order chi connectivity index (χ1) is 10.1. The molecule has 1 aliphatic carbocycles. The van der Waals surface area contributed by atoms with E-state index in [4.69, 9.17) is 11.6 Å². The zero-order chi connectivity index (χ0) is 15.0. The van der Waals surface area contributed by atoms with Gasteiger partial charge in [0.05, 0.1) is 11.7 Å². The summed E-state index contributed by atoms with van der Waals surface area (Å²) in [6.07, 6.45) is 2.26. The predicted octanol–water partition coefficient (Wildman–Crippen LogP) is 4.90. The molecular weight excluding hydrogens is 307 g/mol. The lowest BCUT2D eigenvalue weighted by molar-refractivity contribution is 0.543. The molecule has 1 atom stereocenters. The van der Waals surface area contributed by atoms with Crippen LogP contribution in [0.5, 0.6) is 0 Å². The van der Waals surface area contributed by atoms with E-state index in [-0.39, 0.29) is 11.9 Å². The molecule has 1 aromatic heterocycles. The van der Waals surface area contributed by atoms with Gasteiger partial charge in [-0.3, -0.25) is 0 Å². The van der Waals surface area contributed by atoms with Gasteiger partial charge in [0.2, 0.25) is 0 Å². The van der Waals surface area contributed by atoms with Crippen molar-refractivity contribution in [1.29, 1.82) is 0 Å². The fraction of sp³-hybridized carbons (Fsp3) is 0.438. The minimum Gasteiger partial charge on any atom is -0.301 e. The van der Waals surface area contributed by atoms with E-state index in [9.17, 15) is 4.39 Å². The Morgan fingerprint density at radius 2 is 2.14 bits per heavy atom. The Labute approximate surface area is 133 Å². The third-order valence-corrected chi connectivity index (χ3v) is 4.90. The summed E-state index contributed by atoms with van der Waals surface area (Å²) in [5, 5.41) is 6.87. The molecule has 5 heteroatoms. The summed E-state index contributed by atoms with van der Waals surface area (Å²) in [6.45, 7) is 4.22. The monoisotopic (exact) mass is 324 g/mol. The normalized spacial score (nSPS) is 16.4. The number of nitrogens with one attached hydrogen (secondary N) is 1. The number of nitrogens with zero attached hydrogens (tertiary/aromatic N) is 1. The van der Waals surface area contributed by atoms with E-state index in [0.29, 0.717) is 22.5 Å². The van der Waals surface area contributed by atoms with Gasteiger partial charge in [-0.2, -0.15) is 0 Å². The lowest BCUT2D eigenvalue weighted by Crippen LogP contribution is -2.25. The van der Waals surface area contributed by atoms with Gasteiger partial charge in [0.1, 0.15) is 10.8 Å². The first kappa shape index (κ1) is 14.9. The average Bonchev–Trinajstić information content (AvgIpc) is 3.11. The van der Waals surface area contributed by atoms with Gasteiger partial charge in [0.15, 0.2) is 0 Å². The van der Waals surface area contributed by atoms with E-state index >= 15 is 0 Å². The Balaban J connectivity index is 2.00. The molecule has 0 bridgehead atoms. The first-order valence-electron chi connectivity index (χ1n) is 7.21. The summed E-state index contributed by atoms with van der Waals surface area (Å²) in [6, 6.07) is 5.01. The minimum atomic E-state index is -0.276. The number of hydrogen-bond donors (Lipinski definition) is 1. The molecule has 1 heterocycles. The van der Waals surface area contributed by atoms with Gasteiger partial charge in [-0.1, -0.05) is 31.5 Å². The molecule has 1 unspecified atom stereocenters. The van der Waals surface area contributed by atoms with Crippen LogP contribution < -0.4 is 5.32 Å². The van der Waals surface area contributed by atoms with Crippen molar-refractivity contribution < 1.29 is 4.39 Å². The summed E-state index contributed by atoms with van der Waals surface area (Å²) >= 11 is 7.81. The molecule has 0 aliphatic heterocycles. The standard InChI is InChI=1S/C16H18ClFN2S/c1-9(2)13-8-21-16(20-13)15(19-10-6-7-10)14-11(17)4-3-5-12(14)18/h3-5,8-10,15,19H,6-7H2,1-2H3. The zero-order valence-electron chi connectivity index (χ0n) is 12.1. The molecular formula is C16H18ClFN2S. The second-order valence-electron chi connectivity index (χ2n) is 5.77. The van der Waals surface area contributed by atoms with Crippen molar-refractivity contribution in [2.75, 3.05) is 0 Å². The molecule has 1 N–H and O–H groups in total. The number of thiazole rings is 1. The Bertz CT molecular complexity index is 617. The van der Waals surface area contributed by atoms with E-state index in [1.807, 2.05) is 0 Å². The van der Waals surface area contributed by atoms with Gasteiger partial charge >= 0.3 is 0 Å². The number of halogens is 2. The van der Waals surface area contributed by atoms with Crippen molar-refractivity contribution in [2.24, 2.45) is 0 Å². The Hall–Kier alpha value is -0.970. The van der Waals surface area contributed by atoms with E-state index in [2.05, 4.69) is 29.5 Å². The highest BCUT2D eigenvalue weighted by molar-refractivity contribution is 7.09. The van der Waals surface area contributed by atoms with Crippen LogP contribution in [0.1, 0.15) is 54.9 Å². The molecule has 2 aromatic rings. The number of hydrogen-bond acceptors (Lipinski definition) is 3. The van der Waals surface area contributed by atoms with Crippen LogP contribution in [0.3, 0.4) is 0 Å². The molecule has 1 aliphatic rings. The van der Waals surface area contributed by atoms with Crippen molar-refractivity contribution in [3.8, 4) is 0 Å². The van der Waals surface area contributed by atoms with Gasteiger partial charge in [0, 0.05) is 22.0 Å². The van der Waals surface area contributed by atoms with Gasteiger partial charge in [0.25, 0.3) is 0 Å². The quantitative estimate of drug-likeness (QED) is 0.846. The van der Waals surface area contributed by atoms with Crippen LogP contribution in [0.4, 0.5) is 4.39 Å². The number of benzene rings is 1. The third kappa shape index (κ3) is 3.28. The molecule has 1 saturated carbocycles. The molecule has 1 fully saturated rings. The van der Waals surface area contributed by atoms with Crippen LogP contribution in [0, 0.1) is 5.82 Å². The zero-order valence-corrected chi connectivity index (χ0v) is 13.6. The second-order valence-corrected chi connectivity index (χ2v) is 7.07. The molecule has 0 spiro atoms. The third-order valence-electron chi connectivity index (χ3n) is 3.65. The number of rotatable bonds is 5. The fourth-order valence-corrected chi connectivity index (χ4v) is 3.57. The highest BCUT2D eigenvalue weighted by Gasteiger charge is 2.30. The topological polar surface area (TPSA) is 24.9 Å². The van der Waals surface area contributed by atoms with E-state index < -0.39 is 0 Å². The van der Waals surface area contributed by atoms with Gasteiger partial charge in [-0.25, -0.2) is 9.37 Å². The highest BCUT2D eigenvalue weighted by atomic mass is 35.5. The molecule has 2 nitrogen and oxygen atoms in total. The van der Waals surface area contributed by atoms with Crippen LogP contribution in [-0.2, 0) is 0 Å². The second kappa shape index (κ2) is 6.03. The average molecular weight is 325 g/mol. The molecule has 0 saturated heterocycles. The molecule has 0 amide bonds. The van der Waals surface area contributed by atoms with E-state index in [0.717, 1.165) is 23.5 Å². The molecule has 21 heavy (non-hydrogen) atoms. The van der Waals surface area contributed by atoms with E-state index in [1.54, 1.807) is 23.5 Å². The summed E-state index contributed by atoms with van der Waals surface area (Å²) < 4.78 is 14.3. The van der Waals surface area contributed by atoms with Crippen LogP contribution in [0.25, 0.3) is 0 Å². The predicted molar refractivity (Wildman–Crippen MR) is 85.6 cm³/mol. The maximum Gasteiger partial charge on any atom is 0.129 e. The van der Waals surface area contributed by atoms with Crippen LogP contribution in [0.2, 0.25) is 5.02 Å². The van der Waals surface area contributed by atoms with E-state index in [1.165, 1.54) is 6.07 Å². The Kier molecular flexibility index (Phi) is 4.29. The summed E-state index contributed by atoms with van der Waals surface area (Å²) in [7, 11) is 0. The van der Waals surface area contributed by atoms with Crippen LogP contribution in [0.15, 0.2) is 23.6 Å². The summed E-state index contributed by atoms with van der Waals surface area (Å²) in [5.41, 5.74) is 1.56. The molecule has 1 aromatic carbocycles. The van der Waals surface area contributed by atoms with Crippen LogP contribution in [-0.4, -0.2) is 11.0 Å². The van der Waals surface area contributed by atoms with Gasteiger partial charge in [-0.15, -0.1) is 11.3 Å². The lowest BCUT2D eigenvalue weighted by atomic mass is 10.1. The van der Waals surface area contributed by atoms with Crippen LogP contribution >= 0.6 is 22.9 Å². The fourth-order valence-electron chi connectivity index (χ4n) is 2.25. The van der Waals surface area contributed by atoms with Crippen molar-refractivity contribution >= 4 is 22.9 Å². The lowest BCUT2D eigenvalue weighted by Gasteiger charge is -2.18. The van der Waals surface area contributed by atoms with Crippen molar-refractivity contribution in [3.63, 3.8) is 0 Å². The van der Waals surface area contributed by atoms with Gasteiger partial charge < -0.3 is 5.32 Å². The minimum absolute atomic E-state index is 0.260. The number of aromatic nitrogens is 1. The molecule has 3 rings (SSSR count). The molecule has 112 valence electrons.